The fourth-order valence-electron chi connectivity index (χ4n) is 3.73. The third-order valence-corrected chi connectivity index (χ3v) is 6.17. The molecule has 0 bridgehead atoms. The second kappa shape index (κ2) is 8.37. The molecule has 3 aromatic carbocycles. The van der Waals surface area contributed by atoms with E-state index >= 15 is 0 Å². The van der Waals surface area contributed by atoms with E-state index in [2.05, 4.69) is 43.0 Å². The molecule has 0 aliphatic carbocycles. The van der Waals surface area contributed by atoms with Gasteiger partial charge in [0, 0.05) is 34.3 Å². The van der Waals surface area contributed by atoms with Crippen molar-refractivity contribution in [3.63, 3.8) is 0 Å². The summed E-state index contributed by atoms with van der Waals surface area (Å²) < 4.78 is 19.4. The van der Waals surface area contributed by atoms with Crippen LogP contribution < -0.4 is 15.4 Å². The van der Waals surface area contributed by atoms with Crippen molar-refractivity contribution in [2.24, 2.45) is 0 Å². The monoisotopic (exact) mass is 408 g/mol. The lowest BCUT2D eigenvalue weighted by molar-refractivity contribution is 0.330. The highest BCUT2D eigenvalue weighted by Gasteiger charge is 2.19. The smallest absolute Gasteiger partial charge is 0.127 e. The van der Waals surface area contributed by atoms with Crippen LogP contribution in [-0.4, -0.2) is 18.9 Å². The molecule has 1 aliphatic heterocycles. The van der Waals surface area contributed by atoms with Gasteiger partial charge in [0.05, 0.1) is 12.2 Å². The fourth-order valence-corrected chi connectivity index (χ4v) is 4.51. The molecular weight excluding hydrogens is 383 g/mol. The molecule has 2 N–H and O–H groups in total. The topological polar surface area (TPSA) is 38.5 Å². The molecule has 0 amide bonds. The number of ether oxygens (including phenoxy) is 1. The number of fused-ring (bicyclic) bond motifs is 1. The van der Waals surface area contributed by atoms with Gasteiger partial charge in [-0.25, -0.2) is 4.39 Å². The van der Waals surface area contributed by atoms with Crippen molar-refractivity contribution >= 4 is 23.1 Å². The average molecular weight is 409 g/mol. The van der Waals surface area contributed by atoms with Crippen molar-refractivity contribution in [3.05, 3.63) is 71.5 Å². The number of hydrogen-bond acceptors (Lipinski definition) is 4. The van der Waals surface area contributed by atoms with Gasteiger partial charge in [-0.15, -0.1) is 11.8 Å². The summed E-state index contributed by atoms with van der Waals surface area (Å²) >= 11 is 1.76. The van der Waals surface area contributed by atoms with Crippen LogP contribution in [0.5, 0.6) is 5.75 Å². The van der Waals surface area contributed by atoms with Crippen molar-refractivity contribution in [2.45, 2.75) is 25.3 Å². The van der Waals surface area contributed by atoms with E-state index in [0.717, 1.165) is 45.3 Å². The van der Waals surface area contributed by atoms with Gasteiger partial charge in [0.25, 0.3) is 0 Å². The Balaban J connectivity index is 1.79. The van der Waals surface area contributed by atoms with Crippen molar-refractivity contribution in [3.8, 4) is 16.9 Å². The van der Waals surface area contributed by atoms with Crippen LogP contribution in [0.1, 0.15) is 18.1 Å². The van der Waals surface area contributed by atoms with Gasteiger partial charge in [-0.2, -0.15) is 0 Å². The minimum Gasteiger partial charge on any atom is -0.491 e. The predicted molar refractivity (Wildman–Crippen MR) is 120 cm³/mol. The van der Waals surface area contributed by atoms with E-state index in [1.807, 2.05) is 18.2 Å². The maximum atomic E-state index is 13.6. The molecule has 0 spiro atoms. The summed E-state index contributed by atoms with van der Waals surface area (Å²) in [5.74, 6) is 1.31. The summed E-state index contributed by atoms with van der Waals surface area (Å²) in [5, 5.41) is 0. The van der Waals surface area contributed by atoms with E-state index in [4.69, 9.17) is 10.5 Å². The Bertz CT molecular complexity index is 1040. The molecular formula is C24H25FN2OS. The summed E-state index contributed by atoms with van der Waals surface area (Å²) in [4.78, 5) is 3.37. The molecule has 150 valence electrons. The Labute approximate surface area is 175 Å². The van der Waals surface area contributed by atoms with Gasteiger partial charge in [-0.1, -0.05) is 37.3 Å². The van der Waals surface area contributed by atoms with Crippen LogP contribution in [0.2, 0.25) is 0 Å². The zero-order chi connectivity index (χ0) is 20.4. The largest absolute Gasteiger partial charge is 0.491 e. The van der Waals surface area contributed by atoms with Gasteiger partial charge >= 0.3 is 0 Å². The molecule has 29 heavy (non-hydrogen) atoms. The van der Waals surface area contributed by atoms with Crippen LogP contribution >= 0.6 is 11.8 Å². The van der Waals surface area contributed by atoms with Gasteiger partial charge in [0.2, 0.25) is 0 Å². The van der Waals surface area contributed by atoms with Gasteiger partial charge in [0.1, 0.15) is 18.2 Å². The molecule has 1 heterocycles. The molecule has 5 heteroatoms. The Kier molecular flexibility index (Phi) is 5.67. The number of benzene rings is 3. The van der Waals surface area contributed by atoms with Crippen LogP contribution in [0.15, 0.2) is 59.5 Å². The lowest BCUT2D eigenvalue weighted by Gasteiger charge is -2.25. The normalized spacial score (nSPS) is 13.6. The van der Waals surface area contributed by atoms with Gasteiger partial charge in [-0.05, 0) is 42.0 Å². The maximum absolute atomic E-state index is 13.6. The first-order valence-electron chi connectivity index (χ1n) is 9.85. The first-order valence-corrected chi connectivity index (χ1v) is 10.8. The van der Waals surface area contributed by atoms with E-state index in [-0.39, 0.29) is 5.82 Å². The quantitative estimate of drug-likeness (QED) is 0.431. The zero-order valence-electron chi connectivity index (χ0n) is 16.7. The van der Waals surface area contributed by atoms with Crippen molar-refractivity contribution in [1.29, 1.82) is 0 Å². The third kappa shape index (κ3) is 4.06. The van der Waals surface area contributed by atoms with Crippen LogP contribution in [0, 0.1) is 12.7 Å². The second-order valence-corrected chi connectivity index (χ2v) is 8.48. The van der Waals surface area contributed by atoms with E-state index in [1.54, 1.807) is 11.8 Å². The number of anilines is 2. The Hall–Kier alpha value is -2.66. The first kappa shape index (κ1) is 19.6. The van der Waals surface area contributed by atoms with Gasteiger partial charge < -0.3 is 15.4 Å². The number of hydrogen-bond donors (Lipinski definition) is 1. The Morgan fingerprint density at radius 2 is 1.93 bits per heavy atom. The van der Waals surface area contributed by atoms with E-state index < -0.39 is 0 Å². The van der Waals surface area contributed by atoms with Crippen LogP contribution in [-0.2, 0) is 6.54 Å². The summed E-state index contributed by atoms with van der Waals surface area (Å²) in [7, 11) is 0. The standard InChI is InChI=1S/C24H25FN2OS/c1-3-29-23-14-19(13-21(24(23)26)20-7-5-4-6-16(20)2)27-10-11-28-22-12-18(25)9-8-17(22)15-27/h4-9,12-14H,3,10-11,15,26H2,1-2H3. The summed E-state index contributed by atoms with van der Waals surface area (Å²) in [6.07, 6.45) is 0. The highest BCUT2D eigenvalue weighted by molar-refractivity contribution is 7.99. The Morgan fingerprint density at radius 3 is 2.72 bits per heavy atom. The molecule has 0 atom stereocenters. The molecule has 0 saturated carbocycles. The van der Waals surface area contributed by atoms with Crippen molar-refractivity contribution < 1.29 is 9.13 Å². The van der Waals surface area contributed by atoms with Crippen molar-refractivity contribution in [1.82, 2.24) is 0 Å². The number of rotatable bonds is 4. The minimum absolute atomic E-state index is 0.270. The molecule has 1 aliphatic rings. The van der Waals surface area contributed by atoms with Gasteiger partial charge in [-0.3, -0.25) is 0 Å². The summed E-state index contributed by atoms with van der Waals surface area (Å²) in [6.45, 7) is 6.15. The molecule has 0 aromatic heterocycles. The highest BCUT2D eigenvalue weighted by Crippen LogP contribution is 2.40. The number of nitrogens with two attached hydrogens (primary N) is 1. The van der Waals surface area contributed by atoms with Crippen LogP contribution in [0.3, 0.4) is 0 Å². The molecule has 0 radical (unpaired) electrons. The SMILES string of the molecule is CCSc1cc(N2CCOc3cc(F)ccc3C2)cc(-c2ccccc2C)c1N. The fraction of sp³-hybridized carbons (Fsp3) is 0.250. The average Bonchev–Trinajstić information content (AvgIpc) is 2.92. The first-order chi connectivity index (χ1) is 14.1. The summed E-state index contributed by atoms with van der Waals surface area (Å²) in [6, 6.07) is 17.4. The van der Waals surface area contributed by atoms with E-state index in [0.29, 0.717) is 18.9 Å². The lowest BCUT2D eigenvalue weighted by atomic mass is 9.98. The van der Waals surface area contributed by atoms with Gasteiger partial charge in [0.15, 0.2) is 0 Å². The maximum Gasteiger partial charge on any atom is 0.127 e. The minimum atomic E-state index is -0.270. The molecule has 0 fully saturated rings. The predicted octanol–water partition coefficient (Wildman–Crippen LogP) is 5.89. The highest BCUT2D eigenvalue weighted by atomic mass is 32.2. The number of aryl methyl sites for hydroxylation is 1. The summed E-state index contributed by atoms with van der Waals surface area (Å²) in [5.41, 5.74) is 12.9. The zero-order valence-corrected chi connectivity index (χ0v) is 17.6. The molecule has 3 nitrogen and oxygen atoms in total. The van der Waals surface area contributed by atoms with E-state index in [9.17, 15) is 4.39 Å². The molecule has 0 saturated heterocycles. The van der Waals surface area contributed by atoms with E-state index in [1.165, 1.54) is 17.7 Å². The lowest BCUT2D eigenvalue weighted by Crippen LogP contribution is -2.25. The van der Waals surface area contributed by atoms with Crippen LogP contribution in [0.4, 0.5) is 15.8 Å². The number of nitrogens with zero attached hydrogens (tertiary/aromatic N) is 1. The van der Waals surface area contributed by atoms with Crippen LogP contribution in [0.25, 0.3) is 11.1 Å². The second-order valence-electron chi connectivity index (χ2n) is 7.18. The number of thioether (sulfide) groups is 1. The molecule has 0 unspecified atom stereocenters. The number of halogens is 1. The third-order valence-electron chi connectivity index (χ3n) is 5.24. The molecule has 3 aromatic rings. The van der Waals surface area contributed by atoms with Crippen molar-refractivity contribution in [2.75, 3.05) is 29.5 Å². The number of nitrogen functional groups attached to an aromatic ring is 1. The molecule has 4 rings (SSSR count). The Morgan fingerprint density at radius 1 is 1.10 bits per heavy atom.